The van der Waals surface area contributed by atoms with Crippen molar-refractivity contribution in [1.82, 2.24) is 0 Å². The predicted octanol–water partition coefficient (Wildman–Crippen LogP) is 0.461. The molecule has 0 heterocycles. The van der Waals surface area contributed by atoms with Crippen LogP contribution in [0.1, 0.15) is 33.6 Å². The summed E-state index contributed by atoms with van der Waals surface area (Å²) in [5.41, 5.74) is 0. The Morgan fingerprint density at radius 1 is 1.19 bits per heavy atom. The van der Waals surface area contributed by atoms with Gasteiger partial charge in [-0.2, -0.15) is 0 Å². The molecule has 0 atom stereocenters. The second kappa shape index (κ2) is 7.78. The molecule has 0 saturated carbocycles. The maximum absolute atomic E-state index is 10.7. The van der Waals surface area contributed by atoms with E-state index in [0.29, 0.717) is 6.42 Å². The Labute approximate surface area is 109 Å². The fourth-order valence-electron chi connectivity index (χ4n) is 0.923. The zero-order valence-corrected chi connectivity index (χ0v) is 11.0. The Kier molecular flexibility index (Phi) is 8.73. The van der Waals surface area contributed by atoms with Gasteiger partial charge in [0, 0.05) is 35.6 Å². The van der Waals surface area contributed by atoms with Crippen LogP contribution in [0, 0.1) is 6.10 Å². The van der Waals surface area contributed by atoms with Gasteiger partial charge in [0.15, 0.2) is 0 Å². The first-order valence-electron chi connectivity index (χ1n) is 4.48. The van der Waals surface area contributed by atoms with Crippen LogP contribution in [-0.2, 0) is 40.8 Å². The van der Waals surface area contributed by atoms with Gasteiger partial charge in [0.25, 0.3) is 0 Å². The van der Waals surface area contributed by atoms with Gasteiger partial charge in [0.1, 0.15) is 0 Å². The molecule has 16 heavy (non-hydrogen) atoms. The van der Waals surface area contributed by atoms with Crippen LogP contribution in [0.4, 0.5) is 0 Å². The van der Waals surface area contributed by atoms with E-state index in [2.05, 4.69) is 9.47 Å². The van der Waals surface area contributed by atoms with Crippen molar-refractivity contribution in [1.29, 1.82) is 0 Å². The monoisotopic (exact) mass is 267 g/mol. The summed E-state index contributed by atoms with van der Waals surface area (Å²) in [6.07, 6.45) is -0.0660. The topological polar surface area (TPSA) is 93.1 Å². The van der Waals surface area contributed by atoms with Crippen molar-refractivity contribution in [2.75, 3.05) is 0 Å². The molecule has 1 radical (unpaired) electrons. The molecule has 91 valence electrons. The number of hydrogen-bond donors (Lipinski definition) is 2. The minimum atomic E-state index is -2.67. The smallest absolute Gasteiger partial charge is 0.396 e. The van der Waals surface area contributed by atoms with Crippen molar-refractivity contribution in [2.24, 2.45) is 0 Å². The first kappa shape index (κ1) is 18.0. The van der Waals surface area contributed by atoms with Gasteiger partial charge in [-0.3, -0.25) is 9.59 Å². The number of hydrogen-bond acceptors (Lipinski definition) is 6. The number of carbonyl (C=O) groups excluding carboxylic acids is 2. The molecule has 0 amide bonds. The molecule has 0 aromatic heterocycles. The molecule has 0 aromatic carbocycles. The van der Waals surface area contributed by atoms with Crippen LogP contribution in [0.25, 0.3) is 0 Å². The van der Waals surface area contributed by atoms with Gasteiger partial charge in [-0.15, -0.1) is 0 Å². The number of carbonyl (C=O) groups is 2. The molecule has 0 aliphatic rings. The molecule has 0 unspecified atom stereocenters. The molecule has 0 saturated heterocycles. The van der Waals surface area contributed by atoms with Crippen LogP contribution in [0.3, 0.4) is 0 Å². The van der Waals surface area contributed by atoms with E-state index in [1.165, 1.54) is 0 Å². The molecule has 0 bridgehead atoms. The van der Waals surface area contributed by atoms with E-state index in [-0.39, 0.29) is 28.1 Å². The third kappa shape index (κ3) is 6.22. The van der Waals surface area contributed by atoms with Gasteiger partial charge in [0.05, 0.1) is 0 Å². The fraction of sp³-hybridized carbons (Fsp3) is 0.667. The molecule has 2 N–H and O–H groups in total. The number of aliphatic hydroxyl groups is 2. The van der Waals surface area contributed by atoms with Crippen molar-refractivity contribution in [2.45, 2.75) is 39.6 Å². The van der Waals surface area contributed by atoms with E-state index in [1.807, 2.05) is 0 Å². The molecule has 0 aromatic rings. The summed E-state index contributed by atoms with van der Waals surface area (Å²) in [5, 5.41) is 19.0. The van der Waals surface area contributed by atoms with Gasteiger partial charge in [-0.1, -0.05) is 13.3 Å². The van der Waals surface area contributed by atoms with Crippen LogP contribution in [0.2, 0.25) is 0 Å². The molecule has 6 nitrogen and oxygen atoms in total. The van der Waals surface area contributed by atoms with Crippen LogP contribution >= 0.6 is 0 Å². The zero-order valence-electron chi connectivity index (χ0n) is 9.44. The largest absolute Gasteiger partial charge is 0.407 e. The molecule has 0 spiro atoms. The number of rotatable bonds is 5. The molecule has 0 fully saturated rings. The van der Waals surface area contributed by atoms with Crippen molar-refractivity contribution in [3.05, 3.63) is 6.10 Å². The summed E-state index contributed by atoms with van der Waals surface area (Å²) in [4.78, 5) is 21.3. The summed E-state index contributed by atoms with van der Waals surface area (Å²) in [6.45, 7) is 3.78. The van der Waals surface area contributed by atoms with Crippen molar-refractivity contribution in [3.8, 4) is 0 Å². The van der Waals surface area contributed by atoms with Crippen LogP contribution in [0.15, 0.2) is 0 Å². The van der Waals surface area contributed by atoms with Crippen molar-refractivity contribution < 1.29 is 51.0 Å². The number of esters is 2. The number of ether oxygens (including phenoxy) is 2. The average Bonchev–Trinajstić information content (AvgIpc) is 2.01. The second-order valence-electron chi connectivity index (χ2n) is 2.97. The Morgan fingerprint density at radius 2 is 1.56 bits per heavy atom. The van der Waals surface area contributed by atoms with Gasteiger partial charge in [-0.25, -0.2) is 0 Å². The van der Waals surface area contributed by atoms with Gasteiger partial charge in [0.2, 0.25) is 6.10 Å². The molecular weight excluding hydrogens is 252 g/mol. The van der Waals surface area contributed by atoms with E-state index in [0.717, 1.165) is 13.8 Å². The van der Waals surface area contributed by atoms with Crippen molar-refractivity contribution in [3.63, 3.8) is 0 Å². The van der Waals surface area contributed by atoms with Gasteiger partial charge >= 0.3 is 17.9 Å². The molecule has 0 aliphatic heterocycles. The summed E-state index contributed by atoms with van der Waals surface area (Å²) in [5.74, 6) is -4.42. The normalized spacial score (nSPS) is 10.6. The quantitative estimate of drug-likeness (QED) is 0.427. The fourth-order valence-corrected chi connectivity index (χ4v) is 0.923. The summed E-state index contributed by atoms with van der Waals surface area (Å²) < 4.78 is 8.70. The van der Waals surface area contributed by atoms with Crippen molar-refractivity contribution >= 4 is 11.9 Å². The Balaban J connectivity index is 0. The van der Waals surface area contributed by atoms with Crippen LogP contribution < -0.4 is 0 Å². The minimum Gasteiger partial charge on any atom is -0.396 e. The first-order valence-corrected chi connectivity index (χ1v) is 4.48. The van der Waals surface area contributed by atoms with Gasteiger partial charge in [-0.05, 0) is 6.42 Å². The van der Waals surface area contributed by atoms with Crippen LogP contribution in [-0.4, -0.2) is 28.1 Å². The van der Waals surface area contributed by atoms with E-state index < -0.39 is 24.0 Å². The third-order valence-electron chi connectivity index (χ3n) is 1.42. The zero-order chi connectivity index (χ0) is 12.1. The summed E-state index contributed by atoms with van der Waals surface area (Å²) >= 11 is 0. The van der Waals surface area contributed by atoms with Gasteiger partial charge < -0.3 is 19.7 Å². The van der Waals surface area contributed by atoms with E-state index >= 15 is 0 Å². The summed E-state index contributed by atoms with van der Waals surface area (Å²) in [6, 6.07) is 0. The predicted molar refractivity (Wildman–Crippen MR) is 48.6 cm³/mol. The SMILES string of the molecule is CCC[C](O)C(O)(OC(C)=O)OC(C)=O.[Ti]. The minimum absolute atomic E-state index is 0. The maximum atomic E-state index is 10.7. The third-order valence-corrected chi connectivity index (χ3v) is 1.42. The standard InChI is InChI=1S/C9H15O6.Ti/c1-4-5-8(12)9(13,14-6(2)10)15-7(3)11;/h12-13H,4-5H2,1-3H3;. The average molecular weight is 267 g/mol. The number of aliphatic hydroxyl groups excluding tert-OH is 1. The molecular formula is C9H15O6Ti. The Morgan fingerprint density at radius 3 is 1.81 bits per heavy atom. The van der Waals surface area contributed by atoms with Crippen LogP contribution in [0.5, 0.6) is 0 Å². The Hall–Kier alpha value is -0.426. The molecule has 7 heteroatoms. The molecule has 0 rings (SSSR count). The Bertz CT molecular complexity index is 226. The van der Waals surface area contributed by atoms with E-state index in [1.54, 1.807) is 6.92 Å². The summed E-state index contributed by atoms with van der Waals surface area (Å²) in [7, 11) is 0. The maximum Gasteiger partial charge on any atom is 0.407 e. The molecule has 0 aliphatic carbocycles. The van der Waals surface area contributed by atoms with E-state index in [9.17, 15) is 19.8 Å². The first-order chi connectivity index (χ1) is 6.81. The second-order valence-corrected chi connectivity index (χ2v) is 2.97. The van der Waals surface area contributed by atoms with E-state index in [4.69, 9.17) is 0 Å².